The van der Waals surface area contributed by atoms with Gasteiger partial charge in [0.25, 0.3) is 0 Å². The number of rotatable bonds is 4. The molecule has 0 bridgehead atoms. The summed E-state index contributed by atoms with van der Waals surface area (Å²) in [4.78, 5) is 14.1. The van der Waals surface area contributed by atoms with Gasteiger partial charge in [-0.1, -0.05) is 29.4 Å². The summed E-state index contributed by atoms with van der Waals surface area (Å²) < 4.78 is 0. The first-order valence-corrected chi connectivity index (χ1v) is 4.39. The number of carbonyl (C=O) groups excluding carboxylic acids is 1. The Bertz CT molecular complexity index is 436. The lowest BCUT2D eigenvalue weighted by Crippen LogP contribution is -1.97. The Balaban J connectivity index is 2.76. The molecule has 0 spiro atoms. The van der Waals surface area contributed by atoms with Crippen molar-refractivity contribution in [3.05, 3.63) is 40.3 Å². The zero-order valence-electron chi connectivity index (χ0n) is 8.05. The third kappa shape index (κ3) is 3.18. The summed E-state index contributed by atoms with van der Waals surface area (Å²) in [5.74, 6) is 2.41. The molecule has 0 aromatic heterocycles. The number of benzene rings is 1. The number of terminal acetylenes is 1. The van der Waals surface area contributed by atoms with Crippen molar-refractivity contribution in [2.24, 2.45) is 5.11 Å². The van der Waals surface area contributed by atoms with Crippen molar-refractivity contribution in [3.63, 3.8) is 0 Å². The Morgan fingerprint density at radius 3 is 2.67 bits per heavy atom. The summed E-state index contributed by atoms with van der Waals surface area (Å²) in [5, 5.41) is 3.41. The van der Waals surface area contributed by atoms with Gasteiger partial charge in [0, 0.05) is 29.0 Å². The molecular weight excluding hydrogens is 190 g/mol. The van der Waals surface area contributed by atoms with Gasteiger partial charge in [0.2, 0.25) is 0 Å². The van der Waals surface area contributed by atoms with E-state index in [4.69, 9.17) is 12.0 Å². The highest BCUT2D eigenvalue weighted by Gasteiger charge is 2.03. The predicted octanol–water partition coefficient (Wildman–Crippen LogP) is 3.22. The van der Waals surface area contributed by atoms with Gasteiger partial charge >= 0.3 is 0 Å². The minimum Gasteiger partial charge on any atom is -0.294 e. The van der Waals surface area contributed by atoms with Gasteiger partial charge in [0.15, 0.2) is 5.78 Å². The van der Waals surface area contributed by atoms with E-state index in [9.17, 15) is 4.79 Å². The second-order valence-corrected chi connectivity index (χ2v) is 2.86. The maximum Gasteiger partial charge on any atom is 0.163 e. The molecule has 0 saturated heterocycles. The molecule has 0 aliphatic rings. The number of Topliss-reactive ketones (excluding diaryl/α,β-unsaturated/α-hetero) is 1. The van der Waals surface area contributed by atoms with Crippen LogP contribution >= 0.6 is 0 Å². The largest absolute Gasteiger partial charge is 0.294 e. The highest BCUT2D eigenvalue weighted by Crippen LogP contribution is 2.14. The first kappa shape index (κ1) is 10.8. The molecule has 4 heteroatoms. The molecule has 0 N–H and O–H groups in total. The maximum atomic E-state index is 11.5. The van der Waals surface area contributed by atoms with Crippen molar-refractivity contribution in [2.75, 3.05) is 0 Å². The molecular formula is C11H9N3O. The number of azide groups is 1. The van der Waals surface area contributed by atoms with Crippen LogP contribution in [-0.2, 0) is 0 Å². The molecule has 74 valence electrons. The standard InChI is InChI=1S/C11H9N3O/c1-2-3-4-11(15)9-5-7-10(8-6-9)13-14-12/h1,5-8H,3-4H2. The fourth-order valence-corrected chi connectivity index (χ4v) is 1.10. The molecule has 0 aliphatic heterocycles. The van der Waals surface area contributed by atoms with Crippen molar-refractivity contribution < 1.29 is 4.79 Å². The van der Waals surface area contributed by atoms with Crippen LogP contribution < -0.4 is 0 Å². The van der Waals surface area contributed by atoms with Crippen LogP contribution in [-0.4, -0.2) is 5.78 Å². The summed E-state index contributed by atoms with van der Waals surface area (Å²) >= 11 is 0. The Morgan fingerprint density at radius 1 is 1.47 bits per heavy atom. The van der Waals surface area contributed by atoms with E-state index >= 15 is 0 Å². The second-order valence-electron chi connectivity index (χ2n) is 2.86. The number of hydrogen-bond donors (Lipinski definition) is 0. The molecule has 1 aromatic carbocycles. The minimum atomic E-state index is 0.000405. The molecule has 0 amide bonds. The molecule has 0 radical (unpaired) electrons. The van der Waals surface area contributed by atoms with Gasteiger partial charge in [-0.3, -0.25) is 4.79 Å². The van der Waals surface area contributed by atoms with Crippen molar-refractivity contribution in [1.82, 2.24) is 0 Å². The highest BCUT2D eigenvalue weighted by atomic mass is 16.1. The first-order chi connectivity index (χ1) is 7.27. The molecule has 0 saturated carbocycles. The fourth-order valence-electron chi connectivity index (χ4n) is 1.10. The Hall–Kier alpha value is -2.24. The van der Waals surface area contributed by atoms with E-state index in [1.165, 1.54) is 0 Å². The Labute approximate surface area is 87.6 Å². The van der Waals surface area contributed by atoms with E-state index in [1.807, 2.05) is 0 Å². The number of carbonyl (C=O) groups is 1. The third-order valence-corrected chi connectivity index (χ3v) is 1.85. The molecule has 0 unspecified atom stereocenters. The van der Waals surface area contributed by atoms with Gasteiger partial charge in [0.05, 0.1) is 0 Å². The lowest BCUT2D eigenvalue weighted by atomic mass is 10.1. The zero-order chi connectivity index (χ0) is 11.1. The first-order valence-electron chi connectivity index (χ1n) is 4.39. The predicted molar refractivity (Wildman–Crippen MR) is 57.6 cm³/mol. The summed E-state index contributed by atoms with van der Waals surface area (Å²) in [6.45, 7) is 0. The molecule has 0 fully saturated rings. The van der Waals surface area contributed by atoms with Gasteiger partial charge < -0.3 is 0 Å². The SMILES string of the molecule is C#CCCC(=O)c1ccc(N=[N+]=[N-])cc1. The van der Waals surface area contributed by atoms with Crippen LogP contribution in [0.2, 0.25) is 0 Å². The number of nitrogens with zero attached hydrogens (tertiary/aromatic N) is 3. The van der Waals surface area contributed by atoms with Crippen LogP contribution in [0.4, 0.5) is 5.69 Å². The van der Waals surface area contributed by atoms with E-state index in [-0.39, 0.29) is 5.78 Å². The summed E-state index contributed by atoms with van der Waals surface area (Å²) in [5.41, 5.74) is 9.26. The quantitative estimate of drug-likeness (QED) is 0.241. The Kier molecular flexibility index (Phi) is 3.96. The van der Waals surface area contributed by atoms with Crippen LogP contribution in [0, 0.1) is 12.3 Å². The molecule has 15 heavy (non-hydrogen) atoms. The molecule has 4 nitrogen and oxygen atoms in total. The van der Waals surface area contributed by atoms with Crippen molar-refractivity contribution in [3.8, 4) is 12.3 Å². The fraction of sp³-hybridized carbons (Fsp3) is 0.182. The van der Waals surface area contributed by atoms with E-state index < -0.39 is 0 Å². The number of ketones is 1. The molecule has 0 heterocycles. The topological polar surface area (TPSA) is 65.8 Å². The lowest BCUT2D eigenvalue weighted by molar-refractivity contribution is 0.0984. The van der Waals surface area contributed by atoms with Crippen LogP contribution in [0.15, 0.2) is 29.4 Å². The van der Waals surface area contributed by atoms with Gasteiger partial charge in [-0.05, 0) is 5.53 Å². The van der Waals surface area contributed by atoms with Crippen molar-refractivity contribution in [1.29, 1.82) is 0 Å². The smallest absolute Gasteiger partial charge is 0.163 e. The van der Waals surface area contributed by atoms with Crippen molar-refractivity contribution >= 4 is 11.5 Å². The second kappa shape index (κ2) is 5.48. The van der Waals surface area contributed by atoms with E-state index in [2.05, 4.69) is 15.9 Å². The average molecular weight is 199 g/mol. The molecule has 0 aliphatic carbocycles. The summed E-state index contributed by atoms with van der Waals surface area (Å²) in [6.07, 6.45) is 5.85. The van der Waals surface area contributed by atoms with Gasteiger partial charge in [-0.2, -0.15) is 0 Å². The van der Waals surface area contributed by atoms with Gasteiger partial charge in [-0.15, -0.1) is 12.3 Å². The van der Waals surface area contributed by atoms with Gasteiger partial charge in [0.1, 0.15) is 0 Å². The van der Waals surface area contributed by atoms with Crippen LogP contribution in [0.25, 0.3) is 10.4 Å². The average Bonchev–Trinajstić information content (AvgIpc) is 2.27. The van der Waals surface area contributed by atoms with E-state index in [0.29, 0.717) is 24.1 Å². The zero-order valence-corrected chi connectivity index (χ0v) is 8.05. The lowest BCUT2D eigenvalue weighted by Gasteiger charge is -1.98. The minimum absolute atomic E-state index is 0.000405. The third-order valence-electron chi connectivity index (χ3n) is 1.85. The summed E-state index contributed by atoms with van der Waals surface area (Å²) in [7, 11) is 0. The van der Waals surface area contributed by atoms with Gasteiger partial charge in [-0.25, -0.2) is 0 Å². The van der Waals surface area contributed by atoms with Crippen LogP contribution in [0.1, 0.15) is 23.2 Å². The van der Waals surface area contributed by atoms with Crippen LogP contribution in [0.3, 0.4) is 0 Å². The summed E-state index contributed by atoms with van der Waals surface area (Å²) in [6, 6.07) is 6.46. The molecule has 0 atom stereocenters. The highest BCUT2D eigenvalue weighted by molar-refractivity contribution is 5.96. The Morgan fingerprint density at radius 2 is 2.13 bits per heavy atom. The van der Waals surface area contributed by atoms with Crippen LogP contribution in [0.5, 0.6) is 0 Å². The molecule has 1 rings (SSSR count). The van der Waals surface area contributed by atoms with E-state index in [0.717, 1.165) is 0 Å². The monoisotopic (exact) mass is 199 g/mol. The molecule has 1 aromatic rings. The van der Waals surface area contributed by atoms with E-state index in [1.54, 1.807) is 24.3 Å². The van der Waals surface area contributed by atoms with Crippen molar-refractivity contribution in [2.45, 2.75) is 12.8 Å². The maximum absolute atomic E-state index is 11.5. The normalized spacial score (nSPS) is 8.73. The number of hydrogen-bond acceptors (Lipinski definition) is 2.